The SMILES string of the molecule is CC(=O)Nc1ccc(S(=O)(=O)Nc2nc(-c3ccccn3)cc3cccnc23)cc1. The lowest BCUT2D eigenvalue weighted by atomic mass is 10.2. The number of fused-ring (bicyclic) bond motifs is 1. The molecule has 0 atom stereocenters. The zero-order valence-electron chi connectivity index (χ0n) is 15.9. The third kappa shape index (κ3) is 4.11. The highest BCUT2D eigenvalue weighted by atomic mass is 32.2. The van der Waals surface area contributed by atoms with Crippen molar-refractivity contribution in [2.75, 3.05) is 10.0 Å². The van der Waals surface area contributed by atoms with E-state index in [4.69, 9.17) is 0 Å². The van der Waals surface area contributed by atoms with Crippen LogP contribution >= 0.6 is 0 Å². The first-order valence-corrected chi connectivity index (χ1v) is 10.5. The van der Waals surface area contributed by atoms with E-state index in [0.29, 0.717) is 22.6 Å². The van der Waals surface area contributed by atoms with E-state index in [2.05, 4.69) is 25.0 Å². The van der Waals surface area contributed by atoms with Crippen molar-refractivity contribution in [1.29, 1.82) is 0 Å². The van der Waals surface area contributed by atoms with Crippen LogP contribution in [0.3, 0.4) is 0 Å². The number of carbonyl (C=O) groups excluding carboxylic acids is 1. The van der Waals surface area contributed by atoms with Crippen LogP contribution in [0.1, 0.15) is 6.92 Å². The normalized spacial score (nSPS) is 11.2. The average Bonchev–Trinajstić information content (AvgIpc) is 2.74. The minimum atomic E-state index is -3.93. The Labute approximate surface area is 173 Å². The Morgan fingerprint density at radius 3 is 2.37 bits per heavy atom. The zero-order chi connectivity index (χ0) is 21.1. The van der Waals surface area contributed by atoms with Gasteiger partial charge in [0.05, 0.1) is 16.3 Å². The van der Waals surface area contributed by atoms with Gasteiger partial charge in [0, 0.05) is 30.4 Å². The molecule has 0 bridgehead atoms. The van der Waals surface area contributed by atoms with Gasteiger partial charge in [0.15, 0.2) is 5.82 Å². The van der Waals surface area contributed by atoms with Crippen LogP contribution in [0.25, 0.3) is 22.3 Å². The molecular formula is C21H17N5O3S. The van der Waals surface area contributed by atoms with Crippen LogP contribution in [0.5, 0.6) is 0 Å². The first-order valence-electron chi connectivity index (χ1n) is 9.00. The van der Waals surface area contributed by atoms with Crippen molar-refractivity contribution >= 4 is 38.3 Å². The smallest absolute Gasteiger partial charge is 0.263 e. The molecule has 3 heterocycles. The second-order valence-electron chi connectivity index (χ2n) is 6.46. The first kappa shape index (κ1) is 19.5. The average molecular weight is 419 g/mol. The molecule has 0 aliphatic heterocycles. The summed E-state index contributed by atoms with van der Waals surface area (Å²) in [7, 11) is -3.93. The molecule has 150 valence electrons. The number of nitrogens with one attached hydrogen (secondary N) is 2. The third-order valence-electron chi connectivity index (χ3n) is 4.23. The molecule has 2 N–H and O–H groups in total. The number of benzene rings is 1. The monoisotopic (exact) mass is 419 g/mol. The molecule has 9 heteroatoms. The maximum absolute atomic E-state index is 12.9. The van der Waals surface area contributed by atoms with Crippen molar-refractivity contribution in [2.45, 2.75) is 11.8 Å². The number of aromatic nitrogens is 3. The molecule has 8 nitrogen and oxygen atoms in total. The van der Waals surface area contributed by atoms with Crippen molar-refractivity contribution in [3.05, 3.63) is 73.1 Å². The molecule has 1 aromatic carbocycles. The number of anilines is 2. The molecule has 0 saturated carbocycles. The lowest BCUT2D eigenvalue weighted by Gasteiger charge is -2.12. The highest BCUT2D eigenvalue weighted by molar-refractivity contribution is 7.92. The van der Waals surface area contributed by atoms with Crippen molar-refractivity contribution < 1.29 is 13.2 Å². The second-order valence-corrected chi connectivity index (χ2v) is 8.14. The molecule has 0 saturated heterocycles. The Hall–Kier alpha value is -3.85. The lowest BCUT2D eigenvalue weighted by Crippen LogP contribution is -2.15. The van der Waals surface area contributed by atoms with Crippen molar-refractivity contribution in [1.82, 2.24) is 15.0 Å². The van der Waals surface area contributed by atoms with Gasteiger partial charge in [0.1, 0.15) is 5.52 Å². The van der Waals surface area contributed by atoms with E-state index >= 15 is 0 Å². The van der Waals surface area contributed by atoms with Crippen LogP contribution in [-0.4, -0.2) is 29.3 Å². The van der Waals surface area contributed by atoms with Crippen molar-refractivity contribution in [3.63, 3.8) is 0 Å². The second kappa shape index (κ2) is 7.88. The Balaban J connectivity index is 1.74. The van der Waals surface area contributed by atoms with Crippen molar-refractivity contribution in [2.24, 2.45) is 0 Å². The zero-order valence-corrected chi connectivity index (χ0v) is 16.7. The molecule has 1 amide bonds. The van der Waals surface area contributed by atoms with Gasteiger partial charge in [-0.2, -0.15) is 0 Å². The molecule has 0 fully saturated rings. The number of carbonyl (C=O) groups is 1. The van der Waals surface area contributed by atoms with Crippen molar-refractivity contribution in [3.8, 4) is 11.4 Å². The van der Waals surface area contributed by atoms with Gasteiger partial charge in [0.25, 0.3) is 10.0 Å². The van der Waals surface area contributed by atoms with Gasteiger partial charge < -0.3 is 5.32 Å². The molecule has 3 aromatic heterocycles. The minimum absolute atomic E-state index is 0.0331. The summed E-state index contributed by atoms with van der Waals surface area (Å²) < 4.78 is 28.4. The van der Waals surface area contributed by atoms with E-state index in [9.17, 15) is 13.2 Å². The minimum Gasteiger partial charge on any atom is -0.326 e. The fourth-order valence-electron chi connectivity index (χ4n) is 2.91. The van der Waals surface area contributed by atoms with E-state index in [1.54, 1.807) is 30.6 Å². The lowest BCUT2D eigenvalue weighted by molar-refractivity contribution is -0.114. The summed E-state index contributed by atoms with van der Waals surface area (Å²) in [5.41, 5.74) is 2.07. The van der Waals surface area contributed by atoms with Crippen LogP contribution in [0.4, 0.5) is 11.5 Å². The number of nitrogens with zero attached hydrogens (tertiary/aromatic N) is 3. The summed E-state index contributed by atoms with van der Waals surface area (Å²) in [5.74, 6) is -0.128. The summed E-state index contributed by atoms with van der Waals surface area (Å²) in [5, 5.41) is 3.33. The molecule has 30 heavy (non-hydrogen) atoms. The van der Waals surface area contributed by atoms with E-state index in [1.165, 1.54) is 31.2 Å². The van der Waals surface area contributed by atoms with E-state index in [1.807, 2.05) is 18.2 Å². The Morgan fingerprint density at radius 1 is 0.900 bits per heavy atom. The predicted molar refractivity (Wildman–Crippen MR) is 114 cm³/mol. The van der Waals surface area contributed by atoms with Crippen LogP contribution < -0.4 is 10.0 Å². The molecule has 4 rings (SSSR count). The van der Waals surface area contributed by atoms with Gasteiger partial charge in [-0.15, -0.1) is 0 Å². The van der Waals surface area contributed by atoms with Gasteiger partial charge >= 0.3 is 0 Å². The number of hydrogen-bond acceptors (Lipinski definition) is 6. The summed E-state index contributed by atoms with van der Waals surface area (Å²) in [6.07, 6.45) is 3.22. The van der Waals surface area contributed by atoms with Crippen LogP contribution in [0.15, 0.2) is 78.0 Å². The van der Waals surface area contributed by atoms with Gasteiger partial charge in [-0.05, 0) is 48.5 Å². The molecule has 4 aromatic rings. The third-order valence-corrected chi connectivity index (χ3v) is 5.59. The summed E-state index contributed by atoms with van der Waals surface area (Å²) in [6.45, 7) is 1.38. The fraction of sp³-hybridized carbons (Fsp3) is 0.0476. The largest absolute Gasteiger partial charge is 0.326 e. The van der Waals surface area contributed by atoms with Gasteiger partial charge in [0.2, 0.25) is 5.91 Å². The van der Waals surface area contributed by atoms with Crippen LogP contribution in [-0.2, 0) is 14.8 Å². The van der Waals surface area contributed by atoms with Gasteiger partial charge in [-0.1, -0.05) is 12.1 Å². The molecule has 0 radical (unpaired) electrons. The van der Waals surface area contributed by atoms with E-state index in [-0.39, 0.29) is 16.6 Å². The highest BCUT2D eigenvalue weighted by Crippen LogP contribution is 2.27. The van der Waals surface area contributed by atoms with E-state index < -0.39 is 10.0 Å². The fourth-order valence-corrected chi connectivity index (χ4v) is 3.92. The maximum Gasteiger partial charge on any atom is 0.263 e. The maximum atomic E-state index is 12.9. The Morgan fingerprint density at radius 2 is 1.67 bits per heavy atom. The Bertz CT molecular complexity index is 1320. The van der Waals surface area contributed by atoms with E-state index in [0.717, 1.165) is 5.39 Å². The Kier molecular flexibility index (Phi) is 5.11. The van der Waals surface area contributed by atoms with Crippen LogP contribution in [0, 0.1) is 0 Å². The molecule has 0 unspecified atom stereocenters. The first-order chi connectivity index (χ1) is 14.4. The standard InChI is InChI=1S/C21H17N5O3S/c1-14(27)24-16-7-9-17(10-8-16)30(28,29)26-21-20-15(5-4-12-23-20)13-19(25-21)18-6-2-3-11-22-18/h2-13H,1H3,(H,24,27)(H,25,26). The van der Waals surface area contributed by atoms with Crippen LogP contribution in [0.2, 0.25) is 0 Å². The number of amides is 1. The van der Waals surface area contributed by atoms with Gasteiger partial charge in [-0.3, -0.25) is 19.5 Å². The topological polar surface area (TPSA) is 114 Å². The summed E-state index contributed by atoms with van der Waals surface area (Å²) >= 11 is 0. The summed E-state index contributed by atoms with van der Waals surface area (Å²) in [6, 6.07) is 16.7. The molecule has 0 aliphatic carbocycles. The number of hydrogen-bond donors (Lipinski definition) is 2. The predicted octanol–water partition coefficient (Wildman–Crippen LogP) is 3.45. The number of pyridine rings is 3. The molecule has 0 spiro atoms. The van der Waals surface area contributed by atoms with Gasteiger partial charge in [-0.25, -0.2) is 13.4 Å². The molecular weight excluding hydrogens is 402 g/mol. The highest BCUT2D eigenvalue weighted by Gasteiger charge is 2.18. The quantitative estimate of drug-likeness (QED) is 0.512. The summed E-state index contributed by atoms with van der Waals surface area (Å²) in [4.78, 5) is 24.2. The molecule has 0 aliphatic rings. The number of rotatable bonds is 5. The number of sulfonamides is 1.